The Morgan fingerprint density at radius 1 is 1.09 bits per heavy atom. The number of carbonyl (C=O) groups is 2. The molecule has 1 fully saturated rings. The molecule has 0 radical (unpaired) electrons. The molecule has 3 aromatic rings. The predicted octanol–water partition coefficient (Wildman–Crippen LogP) is 2.34. The molecule has 0 atom stereocenters. The minimum atomic E-state index is -0.286. The van der Waals surface area contributed by atoms with Crippen molar-refractivity contribution in [2.45, 2.75) is 26.9 Å². The zero-order valence-corrected chi connectivity index (χ0v) is 19.4. The van der Waals surface area contributed by atoms with Crippen molar-refractivity contribution in [2.24, 2.45) is 0 Å². The Bertz CT molecular complexity index is 1260. The number of hydrogen-bond donors (Lipinski definition) is 1. The van der Waals surface area contributed by atoms with E-state index in [4.69, 9.17) is 11.6 Å². The van der Waals surface area contributed by atoms with E-state index < -0.39 is 0 Å². The first-order valence-corrected chi connectivity index (χ1v) is 11.2. The topological polar surface area (TPSA) is 87.5 Å². The second kappa shape index (κ2) is 9.62. The number of anilines is 1. The molecule has 0 aliphatic carbocycles. The molecule has 1 aliphatic rings. The smallest absolute Gasteiger partial charge is 0.261 e. The summed E-state index contributed by atoms with van der Waals surface area (Å²) in [6, 6.07) is 11.2. The van der Waals surface area contributed by atoms with Gasteiger partial charge in [0.15, 0.2) is 0 Å². The van der Waals surface area contributed by atoms with Gasteiger partial charge in [-0.05, 0) is 42.3 Å². The number of fused-ring (bicyclic) bond motifs is 1. The van der Waals surface area contributed by atoms with E-state index in [1.807, 2.05) is 48.2 Å². The number of piperazine rings is 1. The van der Waals surface area contributed by atoms with Crippen molar-refractivity contribution in [3.63, 3.8) is 0 Å². The van der Waals surface area contributed by atoms with Crippen molar-refractivity contribution in [2.75, 3.05) is 31.1 Å². The fourth-order valence-corrected chi connectivity index (χ4v) is 4.10. The van der Waals surface area contributed by atoms with Gasteiger partial charge in [0.2, 0.25) is 11.8 Å². The van der Waals surface area contributed by atoms with E-state index in [1.54, 1.807) is 6.92 Å². The largest absolute Gasteiger partial charge is 0.368 e. The minimum Gasteiger partial charge on any atom is -0.368 e. The normalized spacial score (nSPS) is 13.9. The van der Waals surface area contributed by atoms with Crippen LogP contribution in [0, 0.1) is 6.92 Å². The molecular weight excluding hydrogens is 442 g/mol. The van der Waals surface area contributed by atoms with Crippen molar-refractivity contribution >= 4 is 40.0 Å². The van der Waals surface area contributed by atoms with Crippen LogP contribution in [0.5, 0.6) is 0 Å². The van der Waals surface area contributed by atoms with Crippen LogP contribution < -0.4 is 15.8 Å². The van der Waals surface area contributed by atoms with Gasteiger partial charge in [-0.2, -0.15) is 0 Å². The van der Waals surface area contributed by atoms with Crippen LogP contribution in [-0.2, 0) is 22.7 Å². The molecular formula is C24H26ClN5O3. The lowest BCUT2D eigenvalue weighted by atomic mass is 10.1. The molecule has 1 aromatic heterocycles. The molecule has 2 amide bonds. The number of halogens is 1. The molecule has 1 N–H and O–H groups in total. The summed E-state index contributed by atoms with van der Waals surface area (Å²) in [6.45, 7) is 6.39. The quantitative estimate of drug-likeness (QED) is 0.622. The zero-order valence-electron chi connectivity index (χ0n) is 18.7. The molecule has 0 unspecified atom stereocenters. The van der Waals surface area contributed by atoms with Crippen LogP contribution in [0.15, 0.2) is 47.5 Å². The summed E-state index contributed by atoms with van der Waals surface area (Å²) in [5.41, 5.74) is 3.08. The highest BCUT2D eigenvalue weighted by molar-refractivity contribution is 6.31. The average molecular weight is 468 g/mol. The first kappa shape index (κ1) is 22.8. The maximum absolute atomic E-state index is 13.1. The average Bonchev–Trinajstić information content (AvgIpc) is 2.81. The number of nitrogens with zero attached hydrogens (tertiary/aromatic N) is 4. The van der Waals surface area contributed by atoms with E-state index in [0.29, 0.717) is 48.6 Å². The summed E-state index contributed by atoms with van der Waals surface area (Å²) in [5, 5.41) is 3.93. The van der Waals surface area contributed by atoms with Crippen LogP contribution in [-0.4, -0.2) is 52.4 Å². The number of aryl methyl sites for hydroxylation is 1. The molecule has 8 nitrogen and oxygen atoms in total. The van der Waals surface area contributed by atoms with Crippen molar-refractivity contribution < 1.29 is 9.59 Å². The molecule has 9 heteroatoms. The number of rotatable bonds is 5. The van der Waals surface area contributed by atoms with Crippen LogP contribution >= 0.6 is 11.6 Å². The van der Waals surface area contributed by atoms with Crippen LogP contribution in [0.25, 0.3) is 10.9 Å². The van der Waals surface area contributed by atoms with Gasteiger partial charge in [0.1, 0.15) is 6.54 Å². The standard InChI is InChI=1S/C24H26ClN5O3/c1-16-3-4-18(11-21(16)25)13-26-23(32)14-30-15-27-22-6-5-19(12-20(22)24(30)33)29-9-7-28(8-10-29)17(2)31/h3-6,11-12,15H,7-10,13-14H2,1-2H3,(H,26,32). The van der Waals surface area contributed by atoms with Crippen LogP contribution in [0.1, 0.15) is 18.1 Å². The number of benzene rings is 2. The lowest BCUT2D eigenvalue weighted by Crippen LogP contribution is -2.48. The van der Waals surface area contributed by atoms with Gasteiger partial charge in [0.05, 0.1) is 17.2 Å². The molecule has 172 valence electrons. The lowest BCUT2D eigenvalue weighted by molar-refractivity contribution is -0.129. The second-order valence-corrected chi connectivity index (χ2v) is 8.64. The molecule has 1 aliphatic heterocycles. The van der Waals surface area contributed by atoms with Crippen LogP contribution in [0.4, 0.5) is 5.69 Å². The van der Waals surface area contributed by atoms with Crippen molar-refractivity contribution in [3.05, 3.63) is 69.2 Å². The number of aromatic nitrogens is 2. The maximum atomic E-state index is 13.1. The summed E-state index contributed by atoms with van der Waals surface area (Å²) in [7, 11) is 0. The van der Waals surface area contributed by atoms with Crippen molar-refractivity contribution in [1.82, 2.24) is 19.8 Å². The fraction of sp³-hybridized carbons (Fsp3) is 0.333. The maximum Gasteiger partial charge on any atom is 0.261 e. The SMILES string of the molecule is CC(=O)N1CCN(c2ccc3ncn(CC(=O)NCc4ccc(C)c(Cl)c4)c(=O)c3c2)CC1. The van der Waals surface area contributed by atoms with Gasteiger partial charge in [0, 0.05) is 50.4 Å². The number of amides is 2. The molecule has 1 saturated heterocycles. The Kier molecular flexibility index (Phi) is 6.65. The van der Waals surface area contributed by atoms with Gasteiger partial charge in [-0.1, -0.05) is 23.7 Å². The Morgan fingerprint density at radius 2 is 1.85 bits per heavy atom. The van der Waals surface area contributed by atoms with E-state index in [0.717, 1.165) is 16.8 Å². The summed E-state index contributed by atoms with van der Waals surface area (Å²) in [4.78, 5) is 45.4. The Hall–Kier alpha value is -3.39. The summed E-state index contributed by atoms with van der Waals surface area (Å²) < 4.78 is 1.32. The van der Waals surface area contributed by atoms with E-state index >= 15 is 0 Å². The third kappa shape index (κ3) is 5.17. The molecule has 0 bridgehead atoms. The molecule has 4 rings (SSSR count). The Labute approximate surface area is 196 Å². The summed E-state index contributed by atoms with van der Waals surface area (Å²) in [6.07, 6.45) is 1.40. The predicted molar refractivity (Wildman–Crippen MR) is 129 cm³/mol. The number of carbonyl (C=O) groups excluding carboxylic acids is 2. The van der Waals surface area contributed by atoms with E-state index in [-0.39, 0.29) is 23.9 Å². The third-order valence-electron chi connectivity index (χ3n) is 5.94. The van der Waals surface area contributed by atoms with Crippen molar-refractivity contribution in [3.8, 4) is 0 Å². The van der Waals surface area contributed by atoms with E-state index in [9.17, 15) is 14.4 Å². The summed E-state index contributed by atoms with van der Waals surface area (Å²) >= 11 is 6.14. The monoisotopic (exact) mass is 467 g/mol. The van der Waals surface area contributed by atoms with Gasteiger partial charge in [0.25, 0.3) is 5.56 Å². The minimum absolute atomic E-state index is 0.0731. The fourth-order valence-electron chi connectivity index (χ4n) is 3.89. The summed E-state index contributed by atoms with van der Waals surface area (Å²) in [5.74, 6) is -0.213. The first-order valence-electron chi connectivity index (χ1n) is 10.8. The van der Waals surface area contributed by atoms with Gasteiger partial charge < -0.3 is 15.1 Å². The molecule has 2 aromatic carbocycles. The Balaban J connectivity index is 1.46. The van der Waals surface area contributed by atoms with Crippen LogP contribution in [0.3, 0.4) is 0 Å². The number of hydrogen-bond acceptors (Lipinski definition) is 5. The third-order valence-corrected chi connectivity index (χ3v) is 6.34. The van der Waals surface area contributed by atoms with Crippen molar-refractivity contribution in [1.29, 1.82) is 0 Å². The molecule has 2 heterocycles. The van der Waals surface area contributed by atoms with E-state index in [2.05, 4.69) is 15.2 Å². The zero-order chi connectivity index (χ0) is 23.5. The first-order chi connectivity index (χ1) is 15.8. The van der Waals surface area contributed by atoms with Gasteiger partial charge in [-0.15, -0.1) is 0 Å². The molecule has 0 spiro atoms. The molecule has 0 saturated carbocycles. The lowest BCUT2D eigenvalue weighted by Gasteiger charge is -2.35. The number of nitrogens with one attached hydrogen (secondary N) is 1. The van der Waals surface area contributed by atoms with Crippen LogP contribution in [0.2, 0.25) is 5.02 Å². The van der Waals surface area contributed by atoms with Gasteiger partial charge in [-0.3, -0.25) is 19.0 Å². The van der Waals surface area contributed by atoms with Gasteiger partial charge >= 0.3 is 0 Å². The molecule has 33 heavy (non-hydrogen) atoms. The van der Waals surface area contributed by atoms with Gasteiger partial charge in [-0.25, -0.2) is 4.98 Å². The Morgan fingerprint density at radius 3 is 2.55 bits per heavy atom. The van der Waals surface area contributed by atoms with E-state index in [1.165, 1.54) is 10.9 Å². The highest BCUT2D eigenvalue weighted by Gasteiger charge is 2.19. The highest BCUT2D eigenvalue weighted by atomic mass is 35.5. The highest BCUT2D eigenvalue weighted by Crippen LogP contribution is 2.20. The second-order valence-electron chi connectivity index (χ2n) is 8.23.